The number of pyridine rings is 1. The first-order valence-electron chi connectivity index (χ1n) is 8.79. The summed E-state index contributed by atoms with van der Waals surface area (Å²) in [5.41, 5.74) is 10.0. The lowest BCUT2D eigenvalue weighted by Gasteiger charge is -2.08. The van der Waals surface area contributed by atoms with Gasteiger partial charge in [0.25, 0.3) is 0 Å². The van der Waals surface area contributed by atoms with E-state index in [1.807, 2.05) is 49.1 Å². The van der Waals surface area contributed by atoms with E-state index in [1.54, 1.807) is 0 Å². The molecule has 4 rings (SSSR count). The Balaban J connectivity index is 1.60. The Morgan fingerprint density at radius 3 is 2.96 bits per heavy atom. The second kappa shape index (κ2) is 7.23. The lowest BCUT2D eigenvalue weighted by Crippen LogP contribution is -2.30. The first-order valence-corrected chi connectivity index (χ1v) is 8.79. The summed E-state index contributed by atoms with van der Waals surface area (Å²) in [4.78, 5) is 9.01. The van der Waals surface area contributed by atoms with Crippen LogP contribution in [0, 0.1) is 0 Å². The molecule has 2 N–H and O–H groups in total. The average Bonchev–Trinajstić information content (AvgIpc) is 3.31. The highest BCUT2D eigenvalue weighted by molar-refractivity contribution is 5.99. The molecule has 26 heavy (non-hydrogen) atoms. The summed E-state index contributed by atoms with van der Waals surface area (Å²) < 4.78 is 7.48. The number of ether oxygens (including phenoxy) is 1. The van der Waals surface area contributed by atoms with Gasteiger partial charge in [-0.3, -0.25) is 0 Å². The third-order valence-corrected chi connectivity index (χ3v) is 4.19. The van der Waals surface area contributed by atoms with Crippen LogP contribution >= 0.6 is 0 Å². The number of nitrogens with one attached hydrogen (secondary N) is 2. The molecule has 7 heteroatoms. The largest absolute Gasteiger partial charge is 0.378 e. The predicted molar refractivity (Wildman–Crippen MR) is 101 cm³/mol. The summed E-state index contributed by atoms with van der Waals surface area (Å²) in [6.07, 6.45) is 4.85. The van der Waals surface area contributed by atoms with Crippen LogP contribution in [0.2, 0.25) is 0 Å². The van der Waals surface area contributed by atoms with Crippen LogP contribution in [0.4, 0.5) is 0 Å². The monoisotopic (exact) mass is 350 g/mol. The number of nitrogens with zero attached hydrogens (tertiary/aromatic N) is 4. The van der Waals surface area contributed by atoms with Gasteiger partial charge >= 0.3 is 0 Å². The molecule has 1 aliphatic heterocycles. The van der Waals surface area contributed by atoms with Crippen molar-refractivity contribution >= 4 is 16.9 Å². The number of rotatable bonds is 6. The Bertz CT molecular complexity index is 946. The second-order valence-electron chi connectivity index (χ2n) is 6.50. The molecule has 0 saturated carbocycles. The summed E-state index contributed by atoms with van der Waals surface area (Å²) in [6.45, 7) is 5.37. The zero-order valence-corrected chi connectivity index (χ0v) is 14.9. The molecule has 3 heterocycles. The van der Waals surface area contributed by atoms with E-state index in [0.29, 0.717) is 13.3 Å². The highest BCUT2D eigenvalue weighted by atomic mass is 16.5. The van der Waals surface area contributed by atoms with Gasteiger partial charge in [0.1, 0.15) is 12.5 Å². The van der Waals surface area contributed by atoms with E-state index in [-0.39, 0.29) is 6.10 Å². The van der Waals surface area contributed by atoms with Crippen molar-refractivity contribution in [2.45, 2.75) is 26.4 Å². The molecule has 2 aromatic heterocycles. The summed E-state index contributed by atoms with van der Waals surface area (Å²) in [5.74, 6) is 0.837. The predicted octanol–water partition coefficient (Wildman–Crippen LogP) is 2.20. The van der Waals surface area contributed by atoms with Crippen molar-refractivity contribution in [3.05, 3.63) is 53.9 Å². The van der Waals surface area contributed by atoms with Crippen molar-refractivity contribution in [3.8, 4) is 5.69 Å². The number of fused-ring (bicyclic) bond motifs is 1. The van der Waals surface area contributed by atoms with Gasteiger partial charge in [-0.15, -0.1) is 0 Å². The van der Waals surface area contributed by atoms with E-state index in [9.17, 15) is 0 Å². The number of benzene rings is 1. The number of hydrazine groups is 1. The van der Waals surface area contributed by atoms with E-state index in [0.717, 1.165) is 40.1 Å². The van der Waals surface area contributed by atoms with Crippen LogP contribution in [-0.2, 0) is 11.2 Å². The Hall–Kier alpha value is -2.77. The fourth-order valence-electron chi connectivity index (χ4n) is 2.93. The first-order chi connectivity index (χ1) is 12.7. The van der Waals surface area contributed by atoms with Crippen molar-refractivity contribution < 1.29 is 4.74 Å². The SMILES string of the molecule is CC(C)OCCc1cnc2c(cnn2-c2cccc(C3=NCNN3)c2)c1. The summed E-state index contributed by atoms with van der Waals surface area (Å²) in [5, 5.41) is 5.55. The van der Waals surface area contributed by atoms with E-state index in [2.05, 4.69) is 38.1 Å². The van der Waals surface area contributed by atoms with Crippen molar-refractivity contribution in [2.75, 3.05) is 13.3 Å². The summed E-state index contributed by atoms with van der Waals surface area (Å²) in [6, 6.07) is 10.2. The number of aliphatic imine (C=N–C) groups is 1. The third kappa shape index (κ3) is 3.44. The Kier molecular flexibility index (Phi) is 4.64. The van der Waals surface area contributed by atoms with E-state index < -0.39 is 0 Å². The maximum absolute atomic E-state index is 5.62. The molecule has 1 aromatic carbocycles. The second-order valence-corrected chi connectivity index (χ2v) is 6.50. The molecule has 3 aromatic rings. The molecule has 0 atom stereocenters. The quantitative estimate of drug-likeness (QED) is 0.713. The van der Waals surface area contributed by atoms with Gasteiger partial charge in [-0.25, -0.2) is 20.1 Å². The maximum atomic E-state index is 5.62. The minimum atomic E-state index is 0.246. The van der Waals surface area contributed by atoms with Crippen molar-refractivity contribution in [2.24, 2.45) is 4.99 Å². The summed E-state index contributed by atoms with van der Waals surface area (Å²) >= 11 is 0. The fourth-order valence-corrected chi connectivity index (χ4v) is 2.93. The fraction of sp³-hybridized carbons (Fsp3) is 0.316. The van der Waals surface area contributed by atoms with Gasteiger partial charge in [0, 0.05) is 17.1 Å². The molecule has 0 saturated heterocycles. The zero-order chi connectivity index (χ0) is 17.9. The van der Waals surface area contributed by atoms with E-state index in [4.69, 9.17) is 4.74 Å². The molecule has 134 valence electrons. The van der Waals surface area contributed by atoms with Gasteiger partial charge < -0.3 is 10.2 Å². The van der Waals surface area contributed by atoms with Crippen LogP contribution in [0.25, 0.3) is 16.7 Å². The molecule has 1 aliphatic rings. The smallest absolute Gasteiger partial charge is 0.162 e. The minimum Gasteiger partial charge on any atom is -0.378 e. The van der Waals surface area contributed by atoms with Gasteiger partial charge in [0.15, 0.2) is 5.65 Å². The van der Waals surface area contributed by atoms with Gasteiger partial charge in [0.05, 0.1) is 24.6 Å². The Morgan fingerprint density at radius 2 is 2.15 bits per heavy atom. The van der Waals surface area contributed by atoms with Gasteiger partial charge in [-0.05, 0) is 44.0 Å². The molecule has 7 nitrogen and oxygen atoms in total. The molecule has 0 fully saturated rings. The highest BCUT2D eigenvalue weighted by Gasteiger charge is 2.11. The molecule has 0 spiro atoms. The third-order valence-electron chi connectivity index (χ3n) is 4.19. The molecule has 0 radical (unpaired) electrons. The van der Waals surface area contributed by atoms with Crippen LogP contribution in [0.3, 0.4) is 0 Å². The zero-order valence-electron chi connectivity index (χ0n) is 14.9. The van der Waals surface area contributed by atoms with Crippen molar-refractivity contribution in [1.29, 1.82) is 0 Å². The molecular weight excluding hydrogens is 328 g/mol. The molecule has 0 aliphatic carbocycles. The van der Waals surface area contributed by atoms with Crippen LogP contribution in [0.15, 0.2) is 47.7 Å². The Morgan fingerprint density at radius 1 is 1.23 bits per heavy atom. The number of hydrogen-bond acceptors (Lipinski definition) is 6. The van der Waals surface area contributed by atoms with Crippen LogP contribution in [0.5, 0.6) is 0 Å². The molecule has 0 amide bonds. The van der Waals surface area contributed by atoms with Gasteiger partial charge in [0.2, 0.25) is 0 Å². The minimum absolute atomic E-state index is 0.246. The topological polar surface area (TPSA) is 76.4 Å². The number of hydrogen-bond donors (Lipinski definition) is 2. The highest BCUT2D eigenvalue weighted by Crippen LogP contribution is 2.19. The van der Waals surface area contributed by atoms with E-state index >= 15 is 0 Å². The lowest BCUT2D eigenvalue weighted by molar-refractivity contribution is 0.0813. The lowest BCUT2D eigenvalue weighted by atomic mass is 10.2. The van der Waals surface area contributed by atoms with Crippen molar-refractivity contribution in [1.82, 2.24) is 25.6 Å². The Labute approximate surface area is 152 Å². The molecule has 0 unspecified atom stereocenters. The number of amidine groups is 1. The normalized spacial score (nSPS) is 14.0. The first kappa shape index (κ1) is 16.7. The van der Waals surface area contributed by atoms with Crippen LogP contribution in [0.1, 0.15) is 25.0 Å². The standard InChI is InChI=1S/C19H22N6O/c1-13(2)26-7-6-14-8-16-11-23-25(19(16)20-10-14)17-5-3-4-15(9-17)18-21-12-22-24-18/h3-5,8-11,13,22H,6-7,12H2,1-2H3,(H,21,24). The molecule has 0 bridgehead atoms. The van der Waals surface area contributed by atoms with E-state index in [1.165, 1.54) is 0 Å². The van der Waals surface area contributed by atoms with Gasteiger partial charge in [-0.2, -0.15) is 5.10 Å². The van der Waals surface area contributed by atoms with Gasteiger partial charge in [-0.1, -0.05) is 12.1 Å². The average molecular weight is 350 g/mol. The van der Waals surface area contributed by atoms with Crippen LogP contribution in [-0.4, -0.2) is 40.0 Å². The number of aromatic nitrogens is 3. The summed E-state index contributed by atoms with van der Waals surface area (Å²) in [7, 11) is 0. The maximum Gasteiger partial charge on any atom is 0.162 e. The van der Waals surface area contributed by atoms with Crippen LogP contribution < -0.4 is 10.9 Å². The van der Waals surface area contributed by atoms with Crippen molar-refractivity contribution in [3.63, 3.8) is 0 Å². The molecular formula is C19H22N6O.